The van der Waals surface area contributed by atoms with E-state index in [-0.39, 0.29) is 22.6 Å². The van der Waals surface area contributed by atoms with Gasteiger partial charge < -0.3 is 9.47 Å². The van der Waals surface area contributed by atoms with E-state index in [0.717, 1.165) is 0 Å². The van der Waals surface area contributed by atoms with Crippen molar-refractivity contribution in [1.29, 1.82) is 0 Å². The number of hydrogen-bond donors (Lipinski definition) is 0. The van der Waals surface area contributed by atoms with Crippen LogP contribution < -0.4 is 0 Å². The van der Waals surface area contributed by atoms with Crippen molar-refractivity contribution in [3.63, 3.8) is 0 Å². The van der Waals surface area contributed by atoms with E-state index in [9.17, 15) is 43.9 Å². The maximum Gasteiger partial charge on any atom is 0.337 e. The van der Waals surface area contributed by atoms with Gasteiger partial charge in [0.2, 0.25) is 3.42 Å². The Kier molecular flexibility index (Phi) is 3.20. The molecule has 4 aliphatic rings. The second kappa shape index (κ2) is 4.10. The average molecular weight is 488 g/mol. The summed E-state index contributed by atoms with van der Waals surface area (Å²) in [7, 11) is 0. The molecule has 1 heterocycles. The van der Waals surface area contributed by atoms with E-state index in [4.69, 9.17) is 0 Å². The summed E-state index contributed by atoms with van der Waals surface area (Å²) in [5, 5.41) is 0. The van der Waals surface area contributed by atoms with Gasteiger partial charge in [-0.1, -0.05) is 22.6 Å². The summed E-state index contributed by atoms with van der Waals surface area (Å²) in [4.78, 5) is 0. The zero-order valence-electron chi connectivity index (χ0n) is 11.4. The van der Waals surface area contributed by atoms with Crippen LogP contribution in [0.1, 0.15) is 6.92 Å². The molecule has 0 aromatic carbocycles. The van der Waals surface area contributed by atoms with Crippen molar-refractivity contribution in [3.8, 4) is 0 Å². The zero-order valence-corrected chi connectivity index (χ0v) is 13.5. The van der Waals surface area contributed by atoms with Crippen molar-refractivity contribution in [3.05, 3.63) is 0 Å². The Balaban J connectivity index is 2.53. The first-order valence-corrected chi connectivity index (χ1v) is 7.39. The number of fused-ring (bicyclic) bond motifs is 2. The molecule has 0 aromatic rings. The molecule has 0 radical (unpaired) electrons. The van der Waals surface area contributed by atoms with Gasteiger partial charge in [0.15, 0.2) is 5.41 Å². The van der Waals surface area contributed by atoms with Crippen LogP contribution >= 0.6 is 22.6 Å². The molecule has 3 aliphatic carbocycles. The maximum atomic E-state index is 14.7. The van der Waals surface area contributed by atoms with Crippen LogP contribution in [0.2, 0.25) is 0 Å². The molecule has 2 nitrogen and oxygen atoms in total. The van der Waals surface area contributed by atoms with Crippen LogP contribution in [0.5, 0.6) is 0 Å². The Morgan fingerprint density at radius 2 is 0.958 bits per heavy atom. The van der Waals surface area contributed by atoms with Crippen molar-refractivity contribution < 1.29 is 53.4 Å². The molecule has 0 atom stereocenters. The second-order valence-electron chi connectivity index (χ2n) is 5.97. The lowest BCUT2D eigenvalue weighted by atomic mass is 9.48. The molecule has 0 aromatic heterocycles. The fourth-order valence-corrected chi connectivity index (χ4v) is 4.93. The van der Waals surface area contributed by atoms with E-state index in [1.54, 1.807) is 0 Å². The molecule has 24 heavy (non-hydrogen) atoms. The monoisotopic (exact) mass is 488 g/mol. The Morgan fingerprint density at radius 3 is 1.29 bits per heavy atom. The van der Waals surface area contributed by atoms with Gasteiger partial charge in [-0.3, -0.25) is 0 Å². The predicted octanol–water partition coefficient (Wildman–Crippen LogP) is 4.11. The molecule has 3 saturated carbocycles. The molecule has 0 unspecified atom stereocenters. The SMILES string of the molecule is CC12C(F)(F)C(F)(F)C(I)(C(F)(F)C1(F)F)C1(OCCO1)C2(F)F. The van der Waals surface area contributed by atoms with Crippen LogP contribution in [0.15, 0.2) is 0 Å². The van der Waals surface area contributed by atoms with E-state index in [2.05, 4.69) is 9.47 Å². The molecular weight excluding hydrogens is 481 g/mol. The minimum atomic E-state index is -6.18. The Hall–Kier alpha value is -0.0500. The lowest BCUT2D eigenvalue weighted by Gasteiger charge is -2.70. The highest BCUT2D eigenvalue weighted by atomic mass is 127. The molecule has 1 aliphatic heterocycles. The van der Waals surface area contributed by atoms with Gasteiger partial charge in [0.1, 0.15) is 0 Å². The van der Waals surface area contributed by atoms with Gasteiger partial charge in [0.05, 0.1) is 13.2 Å². The van der Waals surface area contributed by atoms with E-state index >= 15 is 0 Å². The van der Waals surface area contributed by atoms with Crippen molar-refractivity contribution in [2.45, 2.75) is 45.7 Å². The maximum absolute atomic E-state index is 14.7. The van der Waals surface area contributed by atoms with Crippen LogP contribution in [-0.2, 0) is 9.47 Å². The summed E-state index contributed by atoms with van der Waals surface area (Å²) in [5.41, 5.74) is -5.46. The van der Waals surface area contributed by atoms with Gasteiger partial charge in [0.25, 0.3) is 5.79 Å². The van der Waals surface area contributed by atoms with E-state index in [1.807, 2.05) is 0 Å². The third-order valence-electron chi connectivity index (χ3n) is 5.10. The highest BCUT2D eigenvalue weighted by Crippen LogP contribution is 2.85. The van der Waals surface area contributed by atoms with Crippen LogP contribution in [0, 0.1) is 5.41 Å². The first-order valence-electron chi connectivity index (χ1n) is 6.31. The van der Waals surface area contributed by atoms with Gasteiger partial charge in [-0.15, -0.1) is 0 Å². The van der Waals surface area contributed by atoms with Crippen molar-refractivity contribution in [2.24, 2.45) is 5.41 Å². The molecule has 1 saturated heterocycles. The van der Waals surface area contributed by atoms with Crippen molar-refractivity contribution in [1.82, 2.24) is 0 Å². The molecule has 2 bridgehead atoms. The first-order chi connectivity index (χ1) is 10.5. The Morgan fingerprint density at radius 1 is 0.625 bits per heavy atom. The fraction of sp³-hybridized carbons (Fsp3) is 1.00. The Bertz CT molecular complexity index is 570. The third-order valence-corrected chi connectivity index (χ3v) is 7.16. The number of alkyl halides is 11. The lowest BCUT2D eigenvalue weighted by Crippen LogP contribution is -2.98. The normalized spacial score (nSPS) is 45.5. The number of ether oxygens (including phenoxy) is 2. The lowest BCUT2D eigenvalue weighted by molar-refractivity contribution is -0.548. The van der Waals surface area contributed by atoms with E-state index < -0.39 is 64.4 Å². The summed E-state index contributed by atoms with van der Waals surface area (Å²) in [5.74, 6) is -34.3. The highest BCUT2D eigenvalue weighted by Gasteiger charge is 3.11. The average Bonchev–Trinajstić information content (AvgIpc) is 2.93. The summed E-state index contributed by atoms with van der Waals surface area (Å²) >= 11 is -0.175. The van der Waals surface area contributed by atoms with Crippen LogP contribution in [0.4, 0.5) is 43.9 Å². The molecule has 1 spiro atoms. The van der Waals surface area contributed by atoms with E-state index in [0.29, 0.717) is 0 Å². The third kappa shape index (κ3) is 1.19. The molecule has 0 N–H and O–H groups in total. The minimum Gasteiger partial charge on any atom is -0.341 e. The van der Waals surface area contributed by atoms with Crippen molar-refractivity contribution >= 4 is 22.6 Å². The number of halogens is 11. The Labute approximate surface area is 141 Å². The molecule has 0 amide bonds. The van der Waals surface area contributed by atoms with Crippen molar-refractivity contribution in [2.75, 3.05) is 13.2 Å². The fourth-order valence-electron chi connectivity index (χ4n) is 3.60. The van der Waals surface area contributed by atoms with Gasteiger partial charge >= 0.3 is 29.6 Å². The second-order valence-corrected chi connectivity index (χ2v) is 7.59. The van der Waals surface area contributed by atoms with Crippen LogP contribution in [0.25, 0.3) is 0 Å². The molecule has 13 heteroatoms. The predicted molar refractivity (Wildman–Crippen MR) is 64.2 cm³/mol. The largest absolute Gasteiger partial charge is 0.341 e. The highest BCUT2D eigenvalue weighted by molar-refractivity contribution is 14.1. The summed E-state index contributed by atoms with van der Waals surface area (Å²) in [6, 6.07) is 0. The zero-order chi connectivity index (χ0) is 18.8. The molecule has 4 fully saturated rings. The number of hydrogen-bond acceptors (Lipinski definition) is 2. The first kappa shape index (κ1) is 18.7. The van der Waals surface area contributed by atoms with Gasteiger partial charge in [-0.2, -0.15) is 43.9 Å². The molecular formula is C11H7F10IO2. The standard InChI is InChI=1S/C11H7F10IO2/c1-4-6(12,13)9(18,19)5(22,10(20,21)7(4,14)15)11(8(4,16)17)23-2-3-24-11/h2-3H2,1H3. The van der Waals surface area contributed by atoms with Gasteiger partial charge in [-0.05, 0) is 6.92 Å². The smallest absolute Gasteiger partial charge is 0.337 e. The van der Waals surface area contributed by atoms with Gasteiger partial charge in [-0.25, -0.2) is 0 Å². The molecule has 4 rings (SSSR count). The van der Waals surface area contributed by atoms with Crippen LogP contribution in [-0.4, -0.2) is 52.0 Å². The number of rotatable bonds is 0. The van der Waals surface area contributed by atoms with E-state index in [1.165, 1.54) is 0 Å². The molecule has 140 valence electrons. The quantitative estimate of drug-likeness (QED) is 0.291. The topological polar surface area (TPSA) is 18.5 Å². The van der Waals surface area contributed by atoms with Gasteiger partial charge in [0, 0.05) is 0 Å². The summed E-state index contributed by atoms with van der Waals surface area (Å²) in [6.45, 7) is -2.56. The minimum absolute atomic E-state index is 0.175. The summed E-state index contributed by atoms with van der Waals surface area (Å²) < 4.78 is 147. The van der Waals surface area contributed by atoms with Crippen LogP contribution in [0.3, 0.4) is 0 Å². The summed E-state index contributed by atoms with van der Waals surface area (Å²) in [6.07, 6.45) is 0.